The van der Waals surface area contributed by atoms with Crippen LogP contribution in [0.5, 0.6) is 0 Å². The van der Waals surface area contributed by atoms with Crippen molar-refractivity contribution in [3.05, 3.63) is 71.3 Å². The van der Waals surface area contributed by atoms with Crippen LogP contribution in [0, 0.1) is 6.92 Å². The van der Waals surface area contributed by atoms with Gasteiger partial charge in [0.1, 0.15) is 0 Å². The van der Waals surface area contributed by atoms with Gasteiger partial charge in [0.2, 0.25) is 0 Å². The molecule has 86 valence electrons. The van der Waals surface area contributed by atoms with Crippen LogP contribution in [0.1, 0.15) is 22.7 Å². The molecule has 1 nitrogen and oxygen atoms in total. The van der Waals surface area contributed by atoms with Crippen molar-refractivity contribution in [3.8, 4) is 0 Å². The van der Waals surface area contributed by atoms with Gasteiger partial charge in [-0.3, -0.25) is 4.90 Å². The van der Waals surface area contributed by atoms with Crippen molar-refractivity contribution in [2.24, 2.45) is 0 Å². The second-order valence-electron chi connectivity index (χ2n) is 4.84. The molecular formula is C16H17N. The fraction of sp³-hybridized carbons (Fsp3) is 0.250. The summed E-state index contributed by atoms with van der Waals surface area (Å²) in [6.07, 6.45) is 0. The lowest BCUT2D eigenvalue weighted by Crippen LogP contribution is -1.98. The predicted molar refractivity (Wildman–Crippen MR) is 70.8 cm³/mol. The molecule has 1 heteroatoms. The van der Waals surface area contributed by atoms with Crippen LogP contribution in [-0.2, 0) is 6.54 Å². The second-order valence-corrected chi connectivity index (χ2v) is 4.84. The molecule has 1 saturated heterocycles. The normalized spacial score (nSPS) is 22.4. The lowest BCUT2D eigenvalue weighted by Gasteiger charge is -2.04. The molecule has 2 unspecified atom stereocenters. The first-order chi connectivity index (χ1) is 8.33. The zero-order chi connectivity index (χ0) is 11.7. The Morgan fingerprint density at radius 3 is 2.41 bits per heavy atom. The van der Waals surface area contributed by atoms with Gasteiger partial charge >= 0.3 is 0 Å². The summed E-state index contributed by atoms with van der Waals surface area (Å²) in [5.41, 5.74) is 4.19. The highest BCUT2D eigenvalue weighted by Gasteiger charge is 2.34. The molecule has 1 aliphatic rings. The van der Waals surface area contributed by atoms with Crippen molar-refractivity contribution in [1.82, 2.24) is 4.90 Å². The Labute approximate surface area is 103 Å². The standard InChI is InChI=1S/C16H17N/c1-13-7-9-15(10-8-13)16-12-17(16)11-14-5-3-2-4-6-14/h2-10,16H,11-12H2,1H3. The average Bonchev–Trinajstić information content (AvgIpc) is 3.11. The number of nitrogens with zero attached hydrogens (tertiary/aromatic N) is 1. The Morgan fingerprint density at radius 2 is 1.71 bits per heavy atom. The molecule has 0 saturated carbocycles. The van der Waals surface area contributed by atoms with Gasteiger partial charge < -0.3 is 0 Å². The number of benzene rings is 2. The average molecular weight is 223 g/mol. The first-order valence-electron chi connectivity index (χ1n) is 6.17. The third-order valence-electron chi connectivity index (χ3n) is 3.41. The Balaban J connectivity index is 1.65. The first kappa shape index (κ1) is 10.5. The van der Waals surface area contributed by atoms with Crippen LogP contribution in [0.15, 0.2) is 54.6 Å². The van der Waals surface area contributed by atoms with E-state index in [2.05, 4.69) is 66.4 Å². The van der Waals surface area contributed by atoms with E-state index in [0.29, 0.717) is 6.04 Å². The summed E-state index contributed by atoms with van der Waals surface area (Å²) in [5.74, 6) is 0. The predicted octanol–water partition coefficient (Wildman–Crippen LogP) is 3.55. The summed E-state index contributed by atoms with van der Waals surface area (Å²) in [5, 5.41) is 0. The van der Waals surface area contributed by atoms with Crippen LogP contribution >= 0.6 is 0 Å². The minimum Gasteiger partial charge on any atom is -0.289 e. The van der Waals surface area contributed by atoms with Crippen molar-refractivity contribution in [1.29, 1.82) is 0 Å². The van der Waals surface area contributed by atoms with Gasteiger partial charge in [-0.05, 0) is 18.1 Å². The number of aryl methyl sites for hydroxylation is 1. The largest absolute Gasteiger partial charge is 0.289 e. The molecule has 17 heavy (non-hydrogen) atoms. The van der Waals surface area contributed by atoms with Crippen molar-refractivity contribution < 1.29 is 0 Å². The van der Waals surface area contributed by atoms with E-state index in [-0.39, 0.29) is 0 Å². The van der Waals surface area contributed by atoms with E-state index >= 15 is 0 Å². The summed E-state index contributed by atoms with van der Waals surface area (Å²) < 4.78 is 0. The molecule has 1 aliphatic heterocycles. The SMILES string of the molecule is Cc1ccc(C2CN2Cc2ccccc2)cc1. The van der Waals surface area contributed by atoms with Crippen LogP contribution in [0.4, 0.5) is 0 Å². The molecule has 0 aliphatic carbocycles. The molecule has 2 aromatic carbocycles. The summed E-state index contributed by atoms with van der Waals surface area (Å²) in [6.45, 7) is 4.40. The zero-order valence-corrected chi connectivity index (χ0v) is 10.1. The van der Waals surface area contributed by atoms with E-state index in [1.807, 2.05) is 0 Å². The molecular weight excluding hydrogens is 206 g/mol. The van der Waals surface area contributed by atoms with Crippen LogP contribution < -0.4 is 0 Å². The topological polar surface area (TPSA) is 3.01 Å². The van der Waals surface area contributed by atoms with Crippen LogP contribution in [0.3, 0.4) is 0 Å². The molecule has 0 spiro atoms. The fourth-order valence-corrected chi connectivity index (χ4v) is 2.27. The maximum absolute atomic E-state index is 2.50. The maximum Gasteiger partial charge on any atom is 0.0479 e. The fourth-order valence-electron chi connectivity index (χ4n) is 2.27. The minimum absolute atomic E-state index is 0.635. The van der Waals surface area contributed by atoms with E-state index in [1.54, 1.807) is 0 Å². The Morgan fingerprint density at radius 1 is 1.00 bits per heavy atom. The van der Waals surface area contributed by atoms with Gasteiger partial charge in [-0.2, -0.15) is 0 Å². The molecule has 2 atom stereocenters. The zero-order valence-electron chi connectivity index (χ0n) is 10.1. The van der Waals surface area contributed by atoms with Gasteiger partial charge in [0.15, 0.2) is 0 Å². The Kier molecular flexibility index (Phi) is 2.69. The molecule has 1 fully saturated rings. The van der Waals surface area contributed by atoms with E-state index in [0.717, 1.165) is 6.54 Å². The van der Waals surface area contributed by atoms with Crippen LogP contribution in [0.2, 0.25) is 0 Å². The molecule has 0 amide bonds. The molecule has 1 heterocycles. The highest BCUT2D eigenvalue weighted by Crippen LogP contribution is 2.36. The van der Waals surface area contributed by atoms with Gasteiger partial charge in [-0.15, -0.1) is 0 Å². The molecule has 0 N–H and O–H groups in total. The second kappa shape index (κ2) is 4.34. The van der Waals surface area contributed by atoms with Crippen molar-refractivity contribution in [2.75, 3.05) is 6.54 Å². The lowest BCUT2D eigenvalue weighted by molar-refractivity contribution is 0.509. The van der Waals surface area contributed by atoms with Gasteiger partial charge in [-0.1, -0.05) is 60.2 Å². The minimum atomic E-state index is 0.635. The quantitative estimate of drug-likeness (QED) is 0.719. The van der Waals surface area contributed by atoms with E-state index < -0.39 is 0 Å². The Bertz CT molecular complexity index is 487. The van der Waals surface area contributed by atoms with Crippen molar-refractivity contribution in [3.63, 3.8) is 0 Å². The van der Waals surface area contributed by atoms with E-state index in [1.165, 1.54) is 23.2 Å². The van der Waals surface area contributed by atoms with E-state index in [9.17, 15) is 0 Å². The highest BCUT2D eigenvalue weighted by atomic mass is 15.3. The molecule has 2 aromatic rings. The smallest absolute Gasteiger partial charge is 0.0479 e. The van der Waals surface area contributed by atoms with Gasteiger partial charge in [0.05, 0.1) is 0 Å². The summed E-state index contributed by atoms with van der Waals surface area (Å²) >= 11 is 0. The van der Waals surface area contributed by atoms with E-state index in [4.69, 9.17) is 0 Å². The molecule has 0 aromatic heterocycles. The van der Waals surface area contributed by atoms with Gasteiger partial charge in [0.25, 0.3) is 0 Å². The summed E-state index contributed by atoms with van der Waals surface area (Å²) in [4.78, 5) is 2.50. The number of hydrogen-bond donors (Lipinski definition) is 0. The number of rotatable bonds is 3. The monoisotopic (exact) mass is 223 g/mol. The lowest BCUT2D eigenvalue weighted by atomic mass is 10.1. The maximum atomic E-state index is 2.50. The molecule has 3 rings (SSSR count). The Hall–Kier alpha value is -1.60. The van der Waals surface area contributed by atoms with Crippen LogP contribution in [0.25, 0.3) is 0 Å². The highest BCUT2D eigenvalue weighted by molar-refractivity contribution is 5.28. The van der Waals surface area contributed by atoms with Crippen molar-refractivity contribution in [2.45, 2.75) is 19.5 Å². The molecule has 0 bridgehead atoms. The van der Waals surface area contributed by atoms with Crippen molar-refractivity contribution >= 4 is 0 Å². The van der Waals surface area contributed by atoms with Gasteiger partial charge in [0, 0.05) is 19.1 Å². The molecule has 0 radical (unpaired) electrons. The third-order valence-corrected chi connectivity index (χ3v) is 3.41. The third kappa shape index (κ3) is 2.40. The first-order valence-corrected chi connectivity index (χ1v) is 6.17. The number of hydrogen-bond acceptors (Lipinski definition) is 1. The summed E-state index contributed by atoms with van der Waals surface area (Å²) in [6, 6.07) is 20.2. The van der Waals surface area contributed by atoms with Crippen LogP contribution in [-0.4, -0.2) is 11.4 Å². The van der Waals surface area contributed by atoms with Gasteiger partial charge in [-0.25, -0.2) is 0 Å². The summed E-state index contributed by atoms with van der Waals surface area (Å²) in [7, 11) is 0.